The number of aliphatic hydroxyl groups excluding tert-OH is 1. The number of nitrogens with zero attached hydrogens (tertiary/aromatic N) is 1. The van der Waals surface area contributed by atoms with Crippen molar-refractivity contribution in [1.29, 1.82) is 0 Å². The largest absolute Gasteiger partial charge is 0.436 e. The maximum Gasteiger partial charge on any atom is 0.219 e. The summed E-state index contributed by atoms with van der Waals surface area (Å²) < 4.78 is 18.6. The molecule has 0 amide bonds. The quantitative estimate of drug-likeness (QED) is 0.885. The van der Waals surface area contributed by atoms with Crippen molar-refractivity contribution in [3.8, 4) is 11.6 Å². The van der Waals surface area contributed by atoms with Gasteiger partial charge in [-0.05, 0) is 30.7 Å². The van der Waals surface area contributed by atoms with Gasteiger partial charge in [0, 0.05) is 12.3 Å². The highest BCUT2D eigenvalue weighted by atomic mass is 19.1. The third-order valence-electron chi connectivity index (χ3n) is 2.29. The molecule has 1 heterocycles. The van der Waals surface area contributed by atoms with Crippen LogP contribution in [0.4, 0.5) is 4.39 Å². The highest BCUT2D eigenvalue weighted by molar-refractivity contribution is 5.30. The molecule has 0 saturated carbocycles. The Balaban J connectivity index is 2.25. The van der Waals surface area contributed by atoms with Crippen LogP contribution in [0, 0.1) is 5.82 Å². The van der Waals surface area contributed by atoms with E-state index in [-0.39, 0.29) is 11.6 Å². The molecule has 1 unspecified atom stereocenters. The van der Waals surface area contributed by atoms with Crippen molar-refractivity contribution >= 4 is 0 Å². The van der Waals surface area contributed by atoms with Crippen LogP contribution in [0.1, 0.15) is 18.6 Å². The Morgan fingerprint density at radius 1 is 1.29 bits per heavy atom. The summed E-state index contributed by atoms with van der Waals surface area (Å²) in [4.78, 5) is 3.96. The van der Waals surface area contributed by atoms with Crippen molar-refractivity contribution < 1.29 is 14.2 Å². The number of para-hydroxylation sites is 1. The predicted octanol–water partition coefficient (Wildman–Crippen LogP) is 3.07. The van der Waals surface area contributed by atoms with Crippen molar-refractivity contribution in [1.82, 2.24) is 4.98 Å². The van der Waals surface area contributed by atoms with E-state index in [1.54, 1.807) is 31.2 Å². The smallest absolute Gasteiger partial charge is 0.219 e. The Labute approximate surface area is 98.5 Å². The van der Waals surface area contributed by atoms with Crippen LogP contribution < -0.4 is 4.74 Å². The van der Waals surface area contributed by atoms with E-state index in [0.717, 1.165) is 0 Å². The first kappa shape index (κ1) is 11.5. The summed E-state index contributed by atoms with van der Waals surface area (Å²) in [6, 6.07) is 9.36. The van der Waals surface area contributed by atoms with Crippen molar-refractivity contribution in [3.63, 3.8) is 0 Å². The second-order valence-electron chi connectivity index (χ2n) is 3.64. The van der Waals surface area contributed by atoms with Gasteiger partial charge in [-0.1, -0.05) is 12.1 Å². The summed E-state index contributed by atoms with van der Waals surface area (Å²) in [6.07, 6.45) is 0.902. The molecular weight excluding hydrogens is 221 g/mol. The lowest BCUT2D eigenvalue weighted by Crippen LogP contribution is -1.95. The summed E-state index contributed by atoms with van der Waals surface area (Å²) >= 11 is 0. The van der Waals surface area contributed by atoms with E-state index in [9.17, 15) is 9.50 Å². The number of aliphatic hydroxyl groups is 1. The van der Waals surface area contributed by atoms with Crippen molar-refractivity contribution in [3.05, 3.63) is 54.0 Å². The normalized spacial score (nSPS) is 12.2. The summed E-state index contributed by atoms with van der Waals surface area (Å²) in [5, 5.41) is 9.41. The SMILES string of the molecule is CC(O)c1ccnc(Oc2ccccc2F)c1. The molecule has 0 saturated heterocycles. The molecule has 2 rings (SSSR count). The lowest BCUT2D eigenvalue weighted by atomic mass is 10.2. The van der Waals surface area contributed by atoms with Crippen LogP contribution in [0.2, 0.25) is 0 Å². The fraction of sp³-hybridized carbons (Fsp3) is 0.154. The van der Waals surface area contributed by atoms with E-state index in [1.165, 1.54) is 18.3 Å². The first-order valence-electron chi connectivity index (χ1n) is 5.23. The number of hydrogen-bond donors (Lipinski definition) is 1. The molecule has 1 N–H and O–H groups in total. The maximum absolute atomic E-state index is 13.3. The van der Waals surface area contributed by atoms with Crippen molar-refractivity contribution in [2.24, 2.45) is 0 Å². The average molecular weight is 233 g/mol. The topological polar surface area (TPSA) is 42.4 Å². The van der Waals surface area contributed by atoms with Gasteiger partial charge in [0.25, 0.3) is 0 Å². The minimum absolute atomic E-state index is 0.114. The number of hydrogen-bond acceptors (Lipinski definition) is 3. The second kappa shape index (κ2) is 4.93. The lowest BCUT2D eigenvalue weighted by Gasteiger charge is -2.08. The van der Waals surface area contributed by atoms with Crippen LogP contribution in [0.3, 0.4) is 0 Å². The lowest BCUT2D eigenvalue weighted by molar-refractivity contribution is 0.198. The number of pyridine rings is 1. The molecule has 3 nitrogen and oxygen atoms in total. The molecule has 0 aliphatic carbocycles. The van der Waals surface area contributed by atoms with Gasteiger partial charge < -0.3 is 9.84 Å². The fourth-order valence-corrected chi connectivity index (χ4v) is 1.38. The number of rotatable bonds is 3. The number of aromatic nitrogens is 1. The Morgan fingerprint density at radius 2 is 2.06 bits per heavy atom. The Hall–Kier alpha value is -1.94. The molecule has 0 bridgehead atoms. The van der Waals surface area contributed by atoms with Gasteiger partial charge in [0.1, 0.15) is 0 Å². The van der Waals surface area contributed by atoms with Gasteiger partial charge in [0.15, 0.2) is 11.6 Å². The molecule has 0 spiro atoms. The van der Waals surface area contributed by atoms with Crippen LogP contribution in [0.25, 0.3) is 0 Å². The number of halogens is 1. The van der Waals surface area contributed by atoms with Crippen LogP contribution in [-0.4, -0.2) is 10.1 Å². The summed E-state index contributed by atoms with van der Waals surface area (Å²) in [5.41, 5.74) is 0.673. The summed E-state index contributed by atoms with van der Waals surface area (Å²) in [6.45, 7) is 1.64. The first-order chi connectivity index (χ1) is 8.16. The fourth-order valence-electron chi connectivity index (χ4n) is 1.38. The molecule has 0 aliphatic rings. The predicted molar refractivity (Wildman–Crippen MR) is 61.3 cm³/mol. The molecule has 17 heavy (non-hydrogen) atoms. The zero-order valence-electron chi connectivity index (χ0n) is 9.30. The Bertz CT molecular complexity index is 514. The monoisotopic (exact) mass is 233 g/mol. The maximum atomic E-state index is 13.3. The van der Waals surface area contributed by atoms with E-state index in [4.69, 9.17) is 4.74 Å². The molecular formula is C13H12FNO2. The van der Waals surface area contributed by atoms with E-state index in [2.05, 4.69) is 4.98 Å². The van der Waals surface area contributed by atoms with E-state index >= 15 is 0 Å². The van der Waals surface area contributed by atoms with Gasteiger partial charge >= 0.3 is 0 Å². The minimum Gasteiger partial charge on any atom is -0.436 e. The Kier molecular flexibility index (Phi) is 3.35. The van der Waals surface area contributed by atoms with Gasteiger partial charge in [-0.15, -0.1) is 0 Å². The molecule has 1 aromatic heterocycles. The number of ether oxygens (including phenoxy) is 1. The van der Waals surface area contributed by atoms with Gasteiger partial charge in [-0.3, -0.25) is 0 Å². The van der Waals surface area contributed by atoms with Crippen LogP contribution in [0.15, 0.2) is 42.6 Å². The average Bonchev–Trinajstić information content (AvgIpc) is 2.32. The van der Waals surface area contributed by atoms with Crippen molar-refractivity contribution in [2.45, 2.75) is 13.0 Å². The van der Waals surface area contributed by atoms with Gasteiger partial charge in [-0.2, -0.15) is 0 Å². The highest BCUT2D eigenvalue weighted by Gasteiger charge is 2.07. The van der Waals surface area contributed by atoms with Crippen LogP contribution in [-0.2, 0) is 0 Å². The van der Waals surface area contributed by atoms with E-state index in [1.807, 2.05) is 0 Å². The van der Waals surface area contributed by atoms with E-state index < -0.39 is 11.9 Å². The molecule has 1 aromatic carbocycles. The molecule has 1 atom stereocenters. The molecule has 0 aliphatic heterocycles. The van der Waals surface area contributed by atoms with Gasteiger partial charge in [-0.25, -0.2) is 9.37 Å². The zero-order valence-corrected chi connectivity index (χ0v) is 9.30. The molecule has 4 heteroatoms. The van der Waals surface area contributed by atoms with Crippen LogP contribution in [0.5, 0.6) is 11.6 Å². The van der Waals surface area contributed by atoms with Gasteiger partial charge in [0.05, 0.1) is 6.10 Å². The molecule has 88 valence electrons. The van der Waals surface area contributed by atoms with Gasteiger partial charge in [0.2, 0.25) is 5.88 Å². The minimum atomic E-state index is -0.610. The standard InChI is InChI=1S/C13H12FNO2/c1-9(16)10-6-7-15-13(8-10)17-12-5-3-2-4-11(12)14/h2-9,16H,1H3. The molecule has 0 fully saturated rings. The second-order valence-corrected chi connectivity index (χ2v) is 3.64. The summed E-state index contributed by atoms with van der Waals surface area (Å²) in [7, 11) is 0. The summed E-state index contributed by atoms with van der Waals surface area (Å²) in [5.74, 6) is -0.0759. The zero-order chi connectivity index (χ0) is 12.3. The Morgan fingerprint density at radius 3 is 2.76 bits per heavy atom. The first-order valence-corrected chi connectivity index (χ1v) is 5.23. The number of benzene rings is 1. The molecule has 0 radical (unpaired) electrons. The van der Waals surface area contributed by atoms with Crippen LogP contribution >= 0.6 is 0 Å². The van der Waals surface area contributed by atoms with E-state index in [0.29, 0.717) is 5.56 Å². The third kappa shape index (κ3) is 2.79. The molecule has 2 aromatic rings. The third-order valence-corrected chi connectivity index (χ3v) is 2.29. The highest BCUT2D eigenvalue weighted by Crippen LogP contribution is 2.24. The van der Waals surface area contributed by atoms with Crippen molar-refractivity contribution in [2.75, 3.05) is 0 Å².